The van der Waals surface area contributed by atoms with E-state index in [0.717, 1.165) is 52.2 Å². The number of nitrogens with zero attached hydrogens (tertiary/aromatic N) is 4. The largest absolute Gasteiger partial charge is 0.336 e. The summed E-state index contributed by atoms with van der Waals surface area (Å²) < 4.78 is 13.5. The highest BCUT2D eigenvalue weighted by molar-refractivity contribution is 7.13. The van der Waals surface area contributed by atoms with Gasteiger partial charge in [0.25, 0.3) is 0 Å². The molecule has 0 unspecified atom stereocenters. The Morgan fingerprint density at radius 2 is 2.07 bits per heavy atom. The number of rotatable bonds is 3. The molecule has 0 fully saturated rings. The lowest BCUT2D eigenvalue weighted by molar-refractivity contribution is 0.657. The third kappa shape index (κ3) is 2.82. The van der Waals surface area contributed by atoms with Crippen LogP contribution in [0.3, 0.4) is 0 Å². The molecule has 0 atom stereocenters. The number of aromatic amines is 2. The smallest absolute Gasteiger partial charge is 0.177 e. The molecule has 0 bridgehead atoms. The van der Waals surface area contributed by atoms with Crippen molar-refractivity contribution in [2.45, 2.75) is 6.42 Å². The van der Waals surface area contributed by atoms with Crippen molar-refractivity contribution in [3.8, 4) is 22.1 Å². The van der Waals surface area contributed by atoms with Crippen molar-refractivity contribution in [2.75, 3.05) is 13.1 Å². The molecule has 0 spiro atoms. The highest BCUT2D eigenvalue weighted by Gasteiger charge is 2.18. The van der Waals surface area contributed by atoms with E-state index in [1.807, 2.05) is 12.3 Å². The molecular formula is C21H16FN7S. The van der Waals surface area contributed by atoms with Crippen LogP contribution in [0.15, 0.2) is 42.7 Å². The number of H-pyrrole nitrogens is 2. The molecule has 0 radical (unpaired) electrons. The average Bonchev–Trinajstić information content (AvgIpc) is 3.51. The number of imidazole rings is 1. The Hall–Kier alpha value is -3.43. The van der Waals surface area contributed by atoms with E-state index in [9.17, 15) is 4.39 Å². The number of hydrogen-bond acceptors (Lipinski definition) is 6. The zero-order valence-electron chi connectivity index (χ0n) is 15.7. The van der Waals surface area contributed by atoms with Gasteiger partial charge in [0.1, 0.15) is 16.9 Å². The van der Waals surface area contributed by atoms with Crippen LogP contribution in [0.5, 0.6) is 0 Å². The van der Waals surface area contributed by atoms with Gasteiger partial charge in [-0.05, 0) is 48.4 Å². The summed E-state index contributed by atoms with van der Waals surface area (Å²) in [5, 5.41) is 11.4. The second kappa shape index (κ2) is 6.82. The van der Waals surface area contributed by atoms with E-state index in [1.165, 1.54) is 11.6 Å². The van der Waals surface area contributed by atoms with Crippen LogP contribution < -0.4 is 5.32 Å². The molecule has 6 rings (SSSR count). The lowest BCUT2D eigenvalue weighted by Crippen LogP contribution is -2.20. The first kappa shape index (κ1) is 17.4. The van der Waals surface area contributed by atoms with Crippen molar-refractivity contribution >= 4 is 39.0 Å². The van der Waals surface area contributed by atoms with Gasteiger partial charge in [-0.15, -0.1) is 11.3 Å². The molecule has 0 aliphatic carbocycles. The average molecular weight is 417 g/mol. The number of thiophene rings is 1. The fraction of sp³-hybridized carbons (Fsp3) is 0.143. The zero-order chi connectivity index (χ0) is 20.1. The SMILES string of the molecule is Fc1ccc(-c2nccc3[nH]c(-c4n[nH]c5ncc(C6=CCNCC6)cc45)nc23)s1. The molecule has 30 heavy (non-hydrogen) atoms. The van der Waals surface area contributed by atoms with Gasteiger partial charge in [0, 0.05) is 18.9 Å². The summed E-state index contributed by atoms with van der Waals surface area (Å²) in [4.78, 5) is 17.8. The Balaban J connectivity index is 1.49. The summed E-state index contributed by atoms with van der Waals surface area (Å²) in [6.07, 6.45) is 6.75. The molecule has 0 saturated heterocycles. The molecular weight excluding hydrogens is 401 g/mol. The molecule has 6 heterocycles. The van der Waals surface area contributed by atoms with Crippen LogP contribution in [0.1, 0.15) is 12.0 Å². The van der Waals surface area contributed by atoms with E-state index >= 15 is 0 Å². The van der Waals surface area contributed by atoms with Gasteiger partial charge in [-0.25, -0.2) is 9.97 Å². The predicted molar refractivity (Wildman–Crippen MR) is 116 cm³/mol. The van der Waals surface area contributed by atoms with E-state index in [1.54, 1.807) is 12.3 Å². The summed E-state index contributed by atoms with van der Waals surface area (Å²) in [5.74, 6) is 0.626. The minimum absolute atomic E-state index is 0.247. The molecule has 7 nitrogen and oxygen atoms in total. The van der Waals surface area contributed by atoms with Crippen molar-refractivity contribution in [1.82, 2.24) is 35.5 Å². The molecule has 1 aliphatic heterocycles. The number of fused-ring (bicyclic) bond motifs is 2. The molecule has 0 aromatic carbocycles. The van der Waals surface area contributed by atoms with Gasteiger partial charge >= 0.3 is 0 Å². The minimum atomic E-state index is -0.247. The molecule has 5 aromatic rings. The number of nitrogens with one attached hydrogen (secondary N) is 3. The maximum atomic E-state index is 13.5. The van der Waals surface area contributed by atoms with Gasteiger partial charge in [0.2, 0.25) is 0 Å². The molecule has 9 heteroatoms. The van der Waals surface area contributed by atoms with Crippen molar-refractivity contribution < 1.29 is 4.39 Å². The van der Waals surface area contributed by atoms with E-state index in [4.69, 9.17) is 4.98 Å². The van der Waals surface area contributed by atoms with Gasteiger partial charge in [-0.2, -0.15) is 9.49 Å². The normalized spacial score (nSPS) is 14.5. The number of aromatic nitrogens is 6. The first-order chi connectivity index (χ1) is 14.8. The number of halogens is 1. The van der Waals surface area contributed by atoms with E-state index in [2.05, 4.69) is 42.6 Å². The summed E-state index contributed by atoms with van der Waals surface area (Å²) in [7, 11) is 0. The topological polar surface area (TPSA) is 95.2 Å². The molecule has 3 N–H and O–H groups in total. The Morgan fingerprint density at radius 3 is 2.90 bits per heavy atom. The number of hydrogen-bond donors (Lipinski definition) is 3. The van der Waals surface area contributed by atoms with Gasteiger partial charge in [-0.1, -0.05) is 6.08 Å². The summed E-state index contributed by atoms with van der Waals surface area (Å²) in [5.41, 5.74) is 5.96. The van der Waals surface area contributed by atoms with E-state index in [-0.39, 0.29) is 5.13 Å². The van der Waals surface area contributed by atoms with E-state index in [0.29, 0.717) is 28.4 Å². The third-order valence-corrected chi connectivity index (χ3v) is 6.16. The summed E-state index contributed by atoms with van der Waals surface area (Å²) in [6, 6.07) is 7.14. The van der Waals surface area contributed by atoms with Crippen LogP contribution >= 0.6 is 11.3 Å². The fourth-order valence-electron chi connectivity index (χ4n) is 3.81. The molecule has 1 aliphatic rings. The van der Waals surface area contributed by atoms with Crippen LogP contribution in [-0.4, -0.2) is 43.2 Å². The van der Waals surface area contributed by atoms with Crippen molar-refractivity contribution in [2.24, 2.45) is 0 Å². The first-order valence-electron chi connectivity index (χ1n) is 9.61. The Morgan fingerprint density at radius 1 is 1.10 bits per heavy atom. The predicted octanol–water partition coefficient (Wildman–Crippen LogP) is 4.14. The minimum Gasteiger partial charge on any atom is -0.336 e. The van der Waals surface area contributed by atoms with Gasteiger partial charge in [0.05, 0.1) is 15.8 Å². The molecule has 0 saturated carbocycles. The second-order valence-electron chi connectivity index (χ2n) is 7.12. The Bertz CT molecular complexity index is 1430. The van der Waals surface area contributed by atoms with E-state index < -0.39 is 0 Å². The van der Waals surface area contributed by atoms with Crippen molar-refractivity contribution in [1.29, 1.82) is 0 Å². The van der Waals surface area contributed by atoms with Gasteiger partial charge in [-0.3, -0.25) is 10.1 Å². The van der Waals surface area contributed by atoms with Crippen molar-refractivity contribution in [3.05, 3.63) is 53.4 Å². The van der Waals surface area contributed by atoms with Crippen LogP contribution in [0, 0.1) is 5.13 Å². The lowest BCUT2D eigenvalue weighted by atomic mass is 10.0. The quantitative estimate of drug-likeness (QED) is 0.410. The van der Waals surface area contributed by atoms with Crippen LogP contribution in [0.25, 0.3) is 49.7 Å². The monoisotopic (exact) mass is 417 g/mol. The summed E-state index contributed by atoms with van der Waals surface area (Å²) in [6.45, 7) is 1.83. The number of pyridine rings is 2. The van der Waals surface area contributed by atoms with Crippen molar-refractivity contribution in [3.63, 3.8) is 0 Å². The third-order valence-electron chi connectivity index (χ3n) is 5.28. The van der Waals surface area contributed by atoms with Gasteiger partial charge in [0.15, 0.2) is 16.6 Å². The highest BCUT2D eigenvalue weighted by Crippen LogP contribution is 2.33. The Labute approximate surface area is 174 Å². The zero-order valence-corrected chi connectivity index (χ0v) is 16.6. The maximum Gasteiger partial charge on any atom is 0.177 e. The van der Waals surface area contributed by atoms with Crippen LogP contribution in [-0.2, 0) is 0 Å². The molecule has 148 valence electrons. The first-order valence-corrected chi connectivity index (χ1v) is 10.4. The van der Waals surface area contributed by atoms with Gasteiger partial charge < -0.3 is 10.3 Å². The van der Waals surface area contributed by atoms with Crippen LogP contribution in [0.2, 0.25) is 0 Å². The highest BCUT2D eigenvalue weighted by atomic mass is 32.1. The lowest BCUT2D eigenvalue weighted by Gasteiger charge is -2.13. The Kier molecular flexibility index (Phi) is 3.96. The summed E-state index contributed by atoms with van der Waals surface area (Å²) >= 11 is 1.06. The molecule has 5 aromatic heterocycles. The maximum absolute atomic E-state index is 13.5. The second-order valence-corrected chi connectivity index (χ2v) is 8.15. The fourth-order valence-corrected chi connectivity index (χ4v) is 4.54. The molecule has 0 amide bonds. The standard InChI is InChI=1S/C21H16FN7S/c22-16-2-1-15(30-16)19-18-14(5-8-24-19)26-21(27-18)17-13-9-12(10-25-20(13)29-28-17)11-3-6-23-7-4-11/h1-3,5,8-10,23H,4,6-7H2,(H,26,27)(H,25,28,29). The van der Waals surface area contributed by atoms with Crippen LogP contribution in [0.4, 0.5) is 4.39 Å².